The van der Waals surface area contributed by atoms with Gasteiger partial charge in [0.2, 0.25) is 0 Å². The van der Waals surface area contributed by atoms with Crippen LogP contribution in [0.5, 0.6) is 5.75 Å². The summed E-state index contributed by atoms with van der Waals surface area (Å²) in [5.41, 5.74) is 0.751. The van der Waals surface area contributed by atoms with E-state index >= 15 is 0 Å². The van der Waals surface area contributed by atoms with Gasteiger partial charge in [0, 0.05) is 36.2 Å². The highest BCUT2D eigenvalue weighted by Gasteiger charge is 2.25. The van der Waals surface area contributed by atoms with Crippen molar-refractivity contribution in [2.45, 2.75) is 6.04 Å². The van der Waals surface area contributed by atoms with Gasteiger partial charge in [0.1, 0.15) is 5.75 Å². The molecular formula is C12H16Br2N2O2. The fourth-order valence-electron chi connectivity index (χ4n) is 2.24. The molecule has 0 aliphatic carbocycles. The number of aliphatic hydroxyl groups excluding tert-OH is 1. The summed E-state index contributed by atoms with van der Waals surface area (Å²) in [6.45, 7) is 3.55. The molecule has 1 heterocycles. The summed E-state index contributed by atoms with van der Waals surface area (Å²) in [7, 11) is 0. The van der Waals surface area contributed by atoms with Gasteiger partial charge in [-0.1, -0.05) is 15.9 Å². The molecule has 1 aromatic carbocycles. The summed E-state index contributed by atoms with van der Waals surface area (Å²) >= 11 is 6.74. The zero-order chi connectivity index (χ0) is 13.1. The predicted molar refractivity (Wildman–Crippen MR) is 77.8 cm³/mol. The molecule has 18 heavy (non-hydrogen) atoms. The van der Waals surface area contributed by atoms with Crippen LogP contribution in [0.25, 0.3) is 0 Å². The van der Waals surface area contributed by atoms with E-state index in [1.807, 2.05) is 6.07 Å². The minimum Gasteiger partial charge on any atom is -0.506 e. The van der Waals surface area contributed by atoms with Crippen molar-refractivity contribution in [2.24, 2.45) is 0 Å². The fraction of sp³-hybridized carbons (Fsp3) is 0.500. The van der Waals surface area contributed by atoms with E-state index in [0.717, 1.165) is 36.2 Å². The second-order valence-electron chi connectivity index (χ2n) is 4.31. The van der Waals surface area contributed by atoms with Crippen molar-refractivity contribution in [3.8, 4) is 5.75 Å². The number of halogens is 2. The average molecular weight is 380 g/mol. The van der Waals surface area contributed by atoms with Crippen molar-refractivity contribution >= 4 is 31.9 Å². The normalized spacial score (nSPS) is 18.8. The summed E-state index contributed by atoms with van der Waals surface area (Å²) < 4.78 is 1.52. The third-order valence-corrected chi connectivity index (χ3v) is 4.24. The SMILES string of the molecule is OC[C@H](c1cc(Br)cc(Br)c1O)N1CCNCC1. The monoisotopic (exact) mass is 378 g/mol. The third-order valence-electron chi connectivity index (χ3n) is 3.18. The van der Waals surface area contributed by atoms with Crippen molar-refractivity contribution in [3.63, 3.8) is 0 Å². The third kappa shape index (κ3) is 3.05. The van der Waals surface area contributed by atoms with Gasteiger partial charge in [0.05, 0.1) is 17.1 Å². The minimum atomic E-state index is -0.166. The lowest BCUT2D eigenvalue weighted by molar-refractivity contribution is 0.109. The van der Waals surface area contributed by atoms with Crippen LogP contribution in [0, 0.1) is 0 Å². The van der Waals surface area contributed by atoms with E-state index in [1.54, 1.807) is 6.07 Å². The summed E-state index contributed by atoms with van der Waals surface area (Å²) in [6.07, 6.45) is 0. The van der Waals surface area contributed by atoms with Crippen molar-refractivity contribution in [1.29, 1.82) is 0 Å². The topological polar surface area (TPSA) is 55.7 Å². The first kappa shape index (κ1) is 14.3. The molecule has 1 atom stereocenters. The first-order valence-corrected chi connectivity index (χ1v) is 7.45. The van der Waals surface area contributed by atoms with E-state index < -0.39 is 0 Å². The Morgan fingerprint density at radius 3 is 2.56 bits per heavy atom. The van der Waals surface area contributed by atoms with Crippen molar-refractivity contribution in [3.05, 3.63) is 26.6 Å². The Labute approximate surface area is 123 Å². The molecule has 1 fully saturated rings. The van der Waals surface area contributed by atoms with Crippen LogP contribution >= 0.6 is 31.9 Å². The molecule has 0 unspecified atom stereocenters. The van der Waals surface area contributed by atoms with Gasteiger partial charge in [0.25, 0.3) is 0 Å². The number of aromatic hydroxyl groups is 1. The van der Waals surface area contributed by atoms with Crippen LogP contribution < -0.4 is 5.32 Å². The molecule has 1 aromatic rings. The highest BCUT2D eigenvalue weighted by Crippen LogP contribution is 2.37. The number of hydrogen-bond donors (Lipinski definition) is 3. The number of phenolic OH excluding ortho intramolecular Hbond substituents is 1. The van der Waals surface area contributed by atoms with Gasteiger partial charge >= 0.3 is 0 Å². The average Bonchev–Trinajstić information content (AvgIpc) is 2.37. The van der Waals surface area contributed by atoms with Gasteiger partial charge in [-0.15, -0.1) is 0 Å². The number of aliphatic hydroxyl groups is 1. The van der Waals surface area contributed by atoms with Crippen molar-refractivity contribution < 1.29 is 10.2 Å². The largest absolute Gasteiger partial charge is 0.506 e. The van der Waals surface area contributed by atoms with Gasteiger partial charge < -0.3 is 15.5 Å². The first-order chi connectivity index (χ1) is 8.63. The summed E-state index contributed by atoms with van der Waals surface area (Å²) in [5.74, 6) is 0.204. The standard InChI is InChI=1S/C12H16Br2N2O2/c13-8-5-9(12(18)10(14)6-8)11(7-17)16-3-1-15-2-4-16/h5-6,11,15,17-18H,1-4,7H2/t11-/m1/s1. The van der Waals surface area contributed by atoms with Crippen LogP contribution in [0.2, 0.25) is 0 Å². The number of phenols is 1. The molecule has 3 N–H and O–H groups in total. The molecule has 2 rings (SSSR count). The van der Waals surface area contributed by atoms with E-state index in [0.29, 0.717) is 4.47 Å². The second-order valence-corrected chi connectivity index (χ2v) is 6.08. The molecule has 0 radical (unpaired) electrons. The first-order valence-electron chi connectivity index (χ1n) is 5.87. The Morgan fingerprint density at radius 2 is 1.94 bits per heavy atom. The molecule has 0 amide bonds. The van der Waals surface area contributed by atoms with Crippen LogP contribution in [0.4, 0.5) is 0 Å². The fourth-order valence-corrected chi connectivity index (χ4v) is 3.50. The molecule has 1 saturated heterocycles. The number of piperazine rings is 1. The molecular weight excluding hydrogens is 364 g/mol. The van der Waals surface area contributed by atoms with Crippen LogP contribution in [0.15, 0.2) is 21.1 Å². The van der Waals surface area contributed by atoms with Crippen LogP contribution in [-0.2, 0) is 0 Å². The number of rotatable bonds is 3. The number of nitrogens with one attached hydrogen (secondary N) is 1. The van der Waals surface area contributed by atoms with Gasteiger partial charge in [-0.25, -0.2) is 0 Å². The van der Waals surface area contributed by atoms with E-state index in [-0.39, 0.29) is 18.4 Å². The summed E-state index contributed by atoms with van der Waals surface area (Å²) in [5, 5.41) is 23.0. The van der Waals surface area contributed by atoms with E-state index in [4.69, 9.17) is 0 Å². The molecule has 0 bridgehead atoms. The molecule has 0 saturated carbocycles. The molecule has 100 valence electrons. The van der Waals surface area contributed by atoms with Gasteiger partial charge in [-0.2, -0.15) is 0 Å². The Kier molecular flexibility index (Phi) is 5.03. The second kappa shape index (κ2) is 6.34. The van der Waals surface area contributed by atoms with Gasteiger partial charge in [0.15, 0.2) is 0 Å². The molecule has 0 spiro atoms. The van der Waals surface area contributed by atoms with E-state index in [9.17, 15) is 10.2 Å². The maximum Gasteiger partial charge on any atom is 0.134 e. The number of nitrogens with zero attached hydrogens (tertiary/aromatic N) is 1. The Morgan fingerprint density at radius 1 is 1.28 bits per heavy atom. The molecule has 0 aromatic heterocycles. The maximum absolute atomic E-state index is 10.1. The van der Waals surface area contributed by atoms with Crippen molar-refractivity contribution in [1.82, 2.24) is 10.2 Å². The lowest BCUT2D eigenvalue weighted by Crippen LogP contribution is -2.46. The Bertz CT molecular complexity index is 423. The lowest BCUT2D eigenvalue weighted by atomic mass is 10.0. The Balaban J connectivity index is 2.31. The van der Waals surface area contributed by atoms with E-state index in [2.05, 4.69) is 42.1 Å². The van der Waals surface area contributed by atoms with Crippen molar-refractivity contribution in [2.75, 3.05) is 32.8 Å². The maximum atomic E-state index is 10.1. The van der Waals surface area contributed by atoms with Gasteiger partial charge in [-0.3, -0.25) is 4.90 Å². The molecule has 4 nitrogen and oxygen atoms in total. The van der Waals surface area contributed by atoms with Crippen LogP contribution in [0.1, 0.15) is 11.6 Å². The van der Waals surface area contributed by atoms with E-state index in [1.165, 1.54) is 0 Å². The summed E-state index contributed by atoms with van der Waals surface area (Å²) in [4.78, 5) is 2.18. The highest BCUT2D eigenvalue weighted by atomic mass is 79.9. The number of benzene rings is 1. The number of hydrogen-bond acceptors (Lipinski definition) is 4. The quantitative estimate of drug-likeness (QED) is 0.750. The van der Waals surface area contributed by atoms with Crippen LogP contribution in [0.3, 0.4) is 0 Å². The summed E-state index contributed by atoms with van der Waals surface area (Å²) in [6, 6.07) is 3.49. The Hall–Kier alpha value is -0.140. The van der Waals surface area contributed by atoms with Gasteiger partial charge in [-0.05, 0) is 28.1 Å². The zero-order valence-corrected chi connectivity index (χ0v) is 13.0. The lowest BCUT2D eigenvalue weighted by Gasteiger charge is -2.34. The molecule has 1 aliphatic heterocycles. The predicted octanol–water partition coefficient (Wildman–Crippen LogP) is 1.86. The zero-order valence-electron chi connectivity index (χ0n) is 9.87. The highest BCUT2D eigenvalue weighted by molar-refractivity contribution is 9.11. The smallest absolute Gasteiger partial charge is 0.134 e. The molecule has 1 aliphatic rings. The molecule has 6 heteroatoms. The van der Waals surface area contributed by atoms with Crippen LogP contribution in [-0.4, -0.2) is 47.9 Å². The minimum absolute atomic E-state index is 0.00352.